The SMILES string of the molecule is O=c1c(Cc2cccnc2)cn2c3c(cc(OCCN4CCCCC4)cc13)Sc1ccc(Br)cc1-2. The molecule has 0 saturated carbocycles. The first-order valence-corrected chi connectivity index (χ1v) is 13.7. The molecule has 1 saturated heterocycles. The number of ether oxygens (including phenoxy) is 1. The molecule has 2 aromatic heterocycles. The Morgan fingerprint density at radius 3 is 2.77 bits per heavy atom. The minimum absolute atomic E-state index is 0.0573. The van der Waals surface area contributed by atoms with E-state index in [9.17, 15) is 4.79 Å². The van der Waals surface area contributed by atoms with Gasteiger partial charge in [-0.25, -0.2) is 0 Å². The van der Waals surface area contributed by atoms with Crippen LogP contribution in [0.3, 0.4) is 0 Å². The number of rotatable bonds is 6. The van der Waals surface area contributed by atoms with E-state index in [4.69, 9.17) is 4.74 Å². The van der Waals surface area contributed by atoms with Gasteiger partial charge in [0.05, 0.1) is 16.6 Å². The first kappa shape index (κ1) is 22.8. The van der Waals surface area contributed by atoms with Crippen LogP contribution in [0.15, 0.2) is 80.1 Å². The highest BCUT2D eigenvalue weighted by Gasteiger charge is 2.23. The molecular weight excluding hydrogens is 522 g/mol. The molecule has 178 valence electrons. The van der Waals surface area contributed by atoms with Gasteiger partial charge >= 0.3 is 0 Å². The van der Waals surface area contributed by atoms with E-state index in [1.165, 1.54) is 19.3 Å². The van der Waals surface area contributed by atoms with Crippen LogP contribution < -0.4 is 10.2 Å². The first-order chi connectivity index (χ1) is 17.2. The summed E-state index contributed by atoms with van der Waals surface area (Å²) < 4.78 is 9.41. The van der Waals surface area contributed by atoms with Gasteiger partial charge in [0.2, 0.25) is 0 Å². The Bertz CT molecular complexity index is 1450. The van der Waals surface area contributed by atoms with Crippen LogP contribution in [0.25, 0.3) is 16.6 Å². The predicted molar refractivity (Wildman–Crippen MR) is 144 cm³/mol. The van der Waals surface area contributed by atoms with E-state index in [1.54, 1.807) is 18.0 Å². The molecule has 2 aromatic carbocycles. The normalized spacial score (nSPS) is 15.2. The highest BCUT2D eigenvalue weighted by Crippen LogP contribution is 2.44. The molecule has 0 atom stereocenters. The fourth-order valence-electron chi connectivity index (χ4n) is 5.01. The lowest BCUT2D eigenvalue weighted by Gasteiger charge is -2.26. The topological polar surface area (TPSA) is 47.4 Å². The van der Waals surface area contributed by atoms with Gasteiger partial charge in [-0.1, -0.05) is 40.2 Å². The molecule has 4 aromatic rings. The molecule has 5 nitrogen and oxygen atoms in total. The third-order valence-electron chi connectivity index (χ3n) is 6.75. The fourth-order valence-corrected chi connectivity index (χ4v) is 6.48. The van der Waals surface area contributed by atoms with Crippen molar-refractivity contribution < 1.29 is 4.74 Å². The van der Waals surface area contributed by atoms with Crippen molar-refractivity contribution in [2.45, 2.75) is 35.5 Å². The zero-order valence-electron chi connectivity index (χ0n) is 19.4. The number of hydrogen-bond donors (Lipinski definition) is 0. The molecular formula is C28H26BrN3O2S. The van der Waals surface area contributed by atoms with E-state index in [0.29, 0.717) is 18.4 Å². The monoisotopic (exact) mass is 547 g/mol. The number of halogens is 1. The van der Waals surface area contributed by atoms with Gasteiger partial charge in [0.25, 0.3) is 0 Å². The van der Waals surface area contributed by atoms with Crippen molar-refractivity contribution in [3.63, 3.8) is 0 Å². The molecule has 1 fully saturated rings. The van der Waals surface area contributed by atoms with E-state index >= 15 is 0 Å². The molecule has 0 radical (unpaired) electrons. The van der Waals surface area contributed by atoms with Crippen molar-refractivity contribution in [2.24, 2.45) is 0 Å². The number of hydrogen-bond acceptors (Lipinski definition) is 5. The van der Waals surface area contributed by atoms with Gasteiger partial charge in [-0.15, -0.1) is 0 Å². The Labute approximate surface area is 217 Å². The summed E-state index contributed by atoms with van der Waals surface area (Å²) in [6.45, 7) is 3.85. The van der Waals surface area contributed by atoms with Crippen LogP contribution in [-0.2, 0) is 6.42 Å². The summed E-state index contributed by atoms with van der Waals surface area (Å²) in [6, 6.07) is 14.3. The second kappa shape index (κ2) is 9.80. The number of piperidine rings is 1. The lowest BCUT2D eigenvalue weighted by Crippen LogP contribution is -2.33. The maximum absolute atomic E-state index is 13.7. The minimum Gasteiger partial charge on any atom is -0.492 e. The maximum Gasteiger partial charge on any atom is 0.193 e. The summed E-state index contributed by atoms with van der Waals surface area (Å²) in [7, 11) is 0. The van der Waals surface area contributed by atoms with Crippen LogP contribution in [0.2, 0.25) is 0 Å². The summed E-state index contributed by atoms with van der Waals surface area (Å²) in [5.41, 5.74) is 3.85. The Hall–Kier alpha value is -2.61. The fraction of sp³-hybridized carbons (Fsp3) is 0.286. The van der Waals surface area contributed by atoms with Crippen LogP contribution >= 0.6 is 27.7 Å². The number of nitrogens with zero attached hydrogens (tertiary/aromatic N) is 3. The Morgan fingerprint density at radius 1 is 1.06 bits per heavy atom. The Kier molecular flexibility index (Phi) is 6.39. The van der Waals surface area contributed by atoms with Crippen molar-refractivity contribution in [1.29, 1.82) is 0 Å². The molecule has 0 amide bonds. The van der Waals surface area contributed by atoms with Gasteiger partial charge in [-0.3, -0.25) is 14.7 Å². The van der Waals surface area contributed by atoms with Crippen LogP contribution in [0.5, 0.6) is 5.75 Å². The van der Waals surface area contributed by atoms with Crippen molar-refractivity contribution in [2.75, 3.05) is 26.2 Å². The van der Waals surface area contributed by atoms with Gasteiger partial charge in [-0.2, -0.15) is 0 Å². The predicted octanol–water partition coefficient (Wildman–Crippen LogP) is 6.07. The van der Waals surface area contributed by atoms with Crippen molar-refractivity contribution in [1.82, 2.24) is 14.5 Å². The van der Waals surface area contributed by atoms with Crippen molar-refractivity contribution in [3.05, 3.63) is 86.9 Å². The number of aromatic nitrogens is 2. The van der Waals surface area contributed by atoms with Gasteiger partial charge in [0.15, 0.2) is 5.43 Å². The van der Waals surface area contributed by atoms with E-state index in [1.807, 2.05) is 30.6 Å². The highest BCUT2D eigenvalue weighted by atomic mass is 79.9. The summed E-state index contributed by atoms with van der Waals surface area (Å²) in [5, 5.41) is 0.704. The summed E-state index contributed by atoms with van der Waals surface area (Å²) in [6.07, 6.45) is 9.99. The number of benzene rings is 2. The Morgan fingerprint density at radius 2 is 1.94 bits per heavy atom. The molecule has 2 aliphatic heterocycles. The van der Waals surface area contributed by atoms with Crippen LogP contribution in [0.4, 0.5) is 0 Å². The zero-order chi connectivity index (χ0) is 23.8. The van der Waals surface area contributed by atoms with Crippen molar-refractivity contribution >= 4 is 38.6 Å². The van der Waals surface area contributed by atoms with Crippen LogP contribution in [0, 0.1) is 0 Å². The second-order valence-electron chi connectivity index (χ2n) is 9.17. The molecule has 4 heterocycles. The zero-order valence-corrected chi connectivity index (χ0v) is 21.8. The van der Waals surface area contributed by atoms with Gasteiger partial charge in [0, 0.05) is 51.4 Å². The molecule has 7 heteroatoms. The third kappa shape index (κ3) is 4.65. The first-order valence-electron chi connectivity index (χ1n) is 12.1. The average molecular weight is 549 g/mol. The summed E-state index contributed by atoms with van der Waals surface area (Å²) in [5.74, 6) is 0.764. The number of likely N-dealkylation sites (tertiary alicyclic amines) is 1. The smallest absolute Gasteiger partial charge is 0.193 e. The largest absolute Gasteiger partial charge is 0.492 e. The average Bonchev–Trinajstić information content (AvgIpc) is 2.88. The molecule has 0 bridgehead atoms. The lowest BCUT2D eigenvalue weighted by molar-refractivity contribution is 0.183. The van der Waals surface area contributed by atoms with E-state index in [0.717, 1.165) is 62.0 Å². The van der Waals surface area contributed by atoms with Crippen LogP contribution in [-0.4, -0.2) is 40.7 Å². The van der Waals surface area contributed by atoms with Crippen molar-refractivity contribution in [3.8, 4) is 11.4 Å². The van der Waals surface area contributed by atoms with E-state index in [2.05, 4.69) is 54.6 Å². The van der Waals surface area contributed by atoms with E-state index < -0.39 is 0 Å². The molecule has 0 N–H and O–H groups in total. The van der Waals surface area contributed by atoms with Crippen LogP contribution in [0.1, 0.15) is 30.4 Å². The molecule has 0 spiro atoms. The summed E-state index contributed by atoms with van der Waals surface area (Å²) in [4.78, 5) is 22.6. The third-order valence-corrected chi connectivity index (χ3v) is 8.34. The lowest BCUT2D eigenvalue weighted by atomic mass is 10.0. The van der Waals surface area contributed by atoms with Gasteiger partial charge < -0.3 is 9.30 Å². The molecule has 0 aliphatic carbocycles. The Balaban J connectivity index is 1.42. The molecule has 2 aliphatic rings. The van der Waals surface area contributed by atoms with Gasteiger partial charge in [0.1, 0.15) is 12.4 Å². The summed E-state index contributed by atoms with van der Waals surface area (Å²) >= 11 is 5.32. The van der Waals surface area contributed by atoms with E-state index in [-0.39, 0.29) is 5.43 Å². The molecule has 0 unspecified atom stereocenters. The second-order valence-corrected chi connectivity index (χ2v) is 11.2. The minimum atomic E-state index is 0.0573. The maximum atomic E-state index is 13.7. The molecule has 35 heavy (non-hydrogen) atoms. The van der Waals surface area contributed by atoms with Gasteiger partial charge in [-0.05, 0) is 67.9 Å². The number of fused-ring (bicyclic) bond motifs is 2. The molecule has 6 rings (SSSR count). The standard InChI is InChI=1S/C28H26BrN3O2S/c29-21-6-7-25-24(14-21)32-18-20(13-19-5-4-8-30-17-19)28(33)23-15-22(16-26(35-25)27(23)32)34-12-11-31-9-2-1-3-10-31/h4-8,14-18H,1-3,9-13H2. The highest BCUT2D eigenvalue weighted by molar-refractivity contribution is 9.10. The number of pyridine rings is 2. The quantitative estimate of drug-likeness (QED) is 0.258.